The molecule has 0 atom stereocenters. The average molecular weight is 361 g/mol. The topological polar surface area (TPSA) is 60.1 Å². The molecule has 0 fully saturated rings. The zero-order valence-electron chi connectivity index (χ0n) is 13.9. The van der Waals surface area contributed by atoms with Gasteiger partial charge in [0, 0.05) is 21.5 Å². The van der Waals surface area contributed by atoms with Crippen LogP contribution < -0.4 is 4.80 Å². The first-order valence-electron chi connectivity index (χ1n) is 7.45. The third-order valence-electron chi connectivity index (χ3n) is 3.35. The normalized spacial score (nSPS) is 12.8. The molecular formula is C17H17ClN4OS. The number of nitrogens with zero attached hydrogens (tertiary/aromatic N) is 4. The predicted molar refractivity (Wildman–Crippen MR) is 96.5 cm³/mol. The van der Waals surface area contributed by atoms with Crippen LogP contribution in [-0.2, 0) is 4.79 Å². The zero-order valence-corrected chi connectivity index (χ0v) is 15.4. The molecule has 2 heterocycles. The van der Waals surface area contributed by atoms with Crippen LogP contribution in [0.1, 0.15) is 25.6 Å². The minimum Gasteiger partial charge on any atom is -0.275 e. The molecule has 7 heteroatoms. The quantitative estimate of drug-likeness (QED) is 0.660. The fourth-order valence-corrected chi connectivity index (χ4v) is 3.03. The van der Waals surface area contributed by atoms with Gasteiger partial charge in [0.05, 0.1) is 17.2 Å². The Morgan fingerprint density at radius 3 is 2.75 bits per heavy atom. The summed E-state index contributed by atoms with van der Waals surface area (Å²) in [6.45, 7) is 7.52. The maximum Gasteiger partial charge on any atom is 0.253 e. The lowest BCUT2D eigenvalue weighted by Crippen LogP contribution is -2.23. The van der Waals surface area contributed by atoms with Gasteiger partial charge in [-0.1, -0.05) is 32.4 Å². The van der Waals surface area contributed by atoms with Gasteiger partial charge < -0.3 is 0 Å². The molecule has 0 saturated heterocycles. The minimum absolute atomic E-state index is 0.168. The lowest BCUT2D eigenvalue weighted by atomic mass is 9.96. The summed E-state index contributed by atoms with van der Waals surface area (Å²) in [4.78, 5) is 27.2. The van der Waals surface area contributed by atoms with E-state index in [-0.39, 0.29) is 5.91 Å². The van der Waals surface area contributed by atoms with Gasteiger partial charge in [-0.05, 0) is 25.1 Å². The molecular weight excluding hydrogens is 344 g/mol. The number of thiazole rings is 1. The molecule has 0 aliphatic carbocycles. The third-order valence-corrected chi connectivity index (χ3v) is 4.48. The Labute approximate surface area is 148 Å². The molecule has 1 aromatic carbocycles. The second-order valence-corrected chi connectivity index (χ2v) is 8.17. The van der Waals surface area contributed by atoms with Crippen molar-refractivity contribution in [2.75, 3.05) is 0 Å². The van der Waals surface area contributed by atoms with Crippen LogP contribution in [0.15, 0.2) is 35.6 Å². The number of aromatic nitrogens is 3. The zero-order chi connectivity index (χ0) is 17.5. The third kappa shape index (κ3) is 3.39. The number of halogens is 1. The maximum absolute atomic E-state index is 12.3. The van der Waals surface area contributed by atoms with Crippen molar-refractivity contribution in [3.05, 3.63) is 45.3 Å². The van der Waals surface area contributed by atoms with Crippen molar-refractivity contribution in [2.45, 2.75) is 27.7 Å². The standard InChI is InChI=1S/C17H17ClN4OS/c1-10-9-22(16(24-10)21-15(23)17(2,3)4)14-8-19-13-7-11(18)5-6-12(13)20-14/h5-9H,1-4H3. The molecule has 0 bridgehead atoms. The van der Waals surface area contributed by atoms with Gasteiger partial charge in [0.2, 0.25) is 0 Å². The van der Waals surface area contributed by atoms with E-state index in [1.54, 1.807) is 22.9 Å². The van der Waals surface area contributed by atoms with Crippen LogP contribution >= 0.6 is 22.9 Å². The summed E-state index contributed by atoms with van der Waals surface area (Å²) < 4.78 is 1.80. The summed E-state index contributed by atoms with van der Waals surface area (Å²) >= 11 is 7.43. The van der Waals surface area contributed by atoms with Gasteiger partial charge in [-0.2, -0.15) is 4.99 Å². The predicted octanol–water partition coefficient (Wildman–Crippen LogP) is 3.92. The summed E-state index contributed by atoms with van der Waals surface area (Å²) in [5, 5.41) is 0.620. The first-order valence-corrected chi connectivity index (χ1v) is 8.64. The highest BCUT2D eigenvalue weighted by Crippen LogP contribution is 2.18. The number of carbonyl (C=O) groups is 1. The van der Waals surface area contributed by atoms with E-state index >= 15 is 0 Å². The number of fused-ring (bicyclic) bond motifs is 1. The number of carbonyl (C=O) groups excluding carboxylic acids is 1. The second kappa shape index (κ2) is 6.11. The molecule has 0 N–H and O–H groups in total. The first kappa shape index (κ1) is 16.8. The number of aryl methyl sites for hydroxylation is 1. The van der Waals surface area contributed by atoms with Crippen LogP contribution in [0.5, 0.6) is 0 Å². The monoisotopic (exact) mass is 360 g/mol. The molecule has 5 nitrogen and oxygen atoms in total. The Morgan fingerprint density at radius 2 is 2.04 bits per heavy atom. The number of hydrogen-bond acceptors (Lipinski definition) is 4. The van der Waals surface area contributed by atoms with Gasteiger partial charge in [0.1, 0.15) is 0 Å². The van der Waals surface area contributed by atoms with Crippen molar-refractivity contribution < 1.29 is 4.79 Å². The summed E-state index contributed by atoms with van der Waals surface area (Å²) in [6.07, 6.45) is 3.57. The van der Waals surface area contributed by atoms with Crippen molar-refractivity contribution in [1.82, 2.24) is 14.5 Å². The van der Waals surface area contributed by atoms with Crippen LogP contribution in [0.3, 0.4) is 0 Å². The van der Waals surface area contributed by atoms with E-state index in [2.05, 4.69) is 15.0 Å². The van der Waals surface area contributed by atoms with Crippen LogP contribution in [0.25, 0.3) is 16.9 Å². The molecule has 0 aliphatic heterocycles. The Balaban J connectivity index is 2.15. The SMILES string of the molecule is Cc1cn(-c2cnc3cc(Cl)ccc3n2)c(=NC(=O)C(C)(C)C)s1. The molecule has 0 spiro atoms. The van der Waals surface area contributed by atoms with E-state index in [0.29, 0.717) is 15.6 Å². The van der Waals surface area contributed by atoms with Crippen molar-refractivity contribution in [2.24, 2.45) is 10.4 Å². The van der Waals surface area contributed by atoms with Crippen LogP contribution in [0.4, 0.5) is 0 Å². The highest BCUT2D eigenvalue weighted by molar-refractivity contribution is 7.09. The smallest absolute Gasteiger partial charge is 0.253 e. The van der Waals surface area contributed by atoms with Crippen molar-refractivity contribution >= 4 is 39.9 Å². The molecule has 2 aromatic heterocycles. The molecule has 0 aliphatic rings. The van der Waals surface area contributed by atoms with Gasteiger partial charge in [0.15, 0.2) is 10.6 Å². The summed E-state index contributed by atoms with van der Waals surface area (Å²) in [6, 6.07) is 5.37. The van der Waals surface area contributed by atoms with E-state index in [1.807, 2.05) is 40.0 Å². The van der Waals surface area contributed by atoms with Gasteiger partial charge in [-0.15, -0.1) is 11.3 Å². The van der Waals surface area contributed by atoms with E-state index in [4.69, 9.17) is 11.6 Å². The molecule has 3 rings (SSSR count). The van der Waals surface area contributed by atoms with Gasteiger partial charge >= 0.3 is 0 Å². The molecule has 0 radical (unpaired) electrons. The van der Waals surface area contributed by atoms with Gasteiger partial charge in [-0.3, -0.25) is 14.3 Å². The lowest BCUT2D eigenvalue weighted by Gasteiger charge is -2.11. The summed E-state index contributed by atoms with van der Waals surface area (Å²) in [7, 11) is 0. The fraction of sp³-hybridized carbons (Fsp3) is 0.294. The summed E-state index contributed by atoms with van der Waals surface area (Å²) in [5.41, 5.74) is 0.936. The van der Waals surface area contributed by atoms with E-state index in [0.717, 1.165) is 15.9 Å². The molecule has 3 aromatic rings. The highest BCUT2D eigenvalue weighted by Gasteiger charge is 2.21. The summed E-state index contributed by atoms with van der Waals surface area (Å²) in [5.74, 6) is 0.452. The molecule has 124 valence electrons. The average Bonchev–Trinajstić information content (AvgIpc) is 2.86. The Bertz CT molecular complexity index is 998. The first-order chi connectivity index (χ1) is 11.2. The molecule has 0 unspecified atom stereocenters. The largest absolute Gasteiger partial charge is 0.275 e. The van der Waals surface area contributed by atoms with Crippen LogP contribution in [0, 0.1) is 12.3 Å². The number of benzene rings is 1. The Kier molecular flexibility index (Phi) is 4.27. The van der Waals surface area contributed by atoms with E-state index < -0.39 is 5.41 Å². The van der Waals surface area contributed by atoms with Crippen molar-refractivity contribution in [3.8, 4) is 5.82 Å². The lowest BCUT2D eigenvalue weighted by molar-refractivity contribution is -0.125. The molecule has 24 heavy (non-hydrogen) atoms. The van der Waals surface area contributed by atoms with Crippen LogP contribution in [-0.4, -0.2) is 20.4 Å². The number of hydrogen-bond donors (Lipinski definition) is 0. The molecule has 0 saturated carbocycles. The van der Waals surface area contributed by atoms with Gasteiger partial charge in [-0.25, -0.2) is 4.98 Å². The Hall–Kier alpha value is -2.05. The van der Waals surface area contributed by atoms with E-state index in [9.17, 15) is 4.79 Å². The number of rotatable bonds is 1. The van der Waals surface area contributed by atoms with Crippen molar-refractivity contribution in [3.63, 3.8) is 0 Å². The minimum atomic E-state index is -0.526. The fourth-order valence-electron chi connectivity index (χ4n) is 2.04. The highest BCUT2D eigenvalue weighted by atomic mass is 35.5. The van der Waals surface area contributed by atoms with Crippen LogP contribution in [0.2, 0.25) is 5.02 Å². The van der Waals surface area contributed by atoms with E-state index in [1.165, 1.54) is 11.3 Å². The number of amides is 1. The van der Waals surface area contributed by atoms with Crippen molar-refractivity contribution in [1.29, 1.82) is 0 Å². The second-order valence-electron chi connectivity index (χ2n) is 6.52. The maximum atomic E-state index is 12.3. The molecule has 1 amide bonds. The Morgan fingerprint density at radius 1 is 1.29 bits per heavy atom. The van der Waals surface area contributed by atoms with Gasteiger partial charge in [0.25, 0.3) is 5.91 Å².